The number of nitrogens with one attached hydrogen (secondary N) is 1. The maximum Gasteiger partial charge on any atom is 0.256 e. The lowest BCUT2D eigenvalue weighted by Gasteiger charge is -2.21. The van der Waals surface area contributed by atoms with Crippen molar-refractivity contribution in [1.82, 2.24) is 10.3 Å². The van der Waals surface area contributed by atoms with Crippen LogP contribution in [0.1, 0.15) is 31.1 Å². The van der Waals surface area contributed by atoms with E-state index in [0.717, 1.165) is 0 Å². The third-order valence-electron chi connectivity index (χ3n) is 1.71. The second kappa shape index (κ2) is 5.08. The molecule has 0 atom stereocenters. The fourth-order valence-electron chi connectivity index (χ4n) is 1.08. The topological polar surface area (TPSA) is 42.0 Å². The number of hydrogen-bond donors (Lipinski definition) is 1. The van der Waals surface area contributed by atoms with E-state index in [9.17, 15) is 9.18 Å². The second-order valence-electron chi connectivity index (χ2n) is 4.40. The molecule has 0 aliphatic heterocycles. The van der Waals surface area contributed by atoms with E-state index in [0.29, 0.717) is 0 Å². The summed E-state index contributed by atoms with van der Waals surface area (Å²) in [6.07, 6.45) is 0. The summed E-state index contributed by atoms with van der Waals surface area (Å²) < 4.78 is 13.4. The Labute approximate surface area is 117 Å². The Hall–Kier alpha value is -0.390. The molecule has 0 bridgehead atoms. The molecule has 0 aliphatic carbocycles. The molecule has 0 radical (unpaired) electrons. The summed E-state index contributed by atoms with van der Waals surface area (Å²) in [5.74, 6) is -1.33. The number of aromatic nitrogens is 1. The minimum Gasteiger partial charge on any atom is -0.347 e. The minimum atomic E-state index is -0.810. The number of nitrogens with zero attached hydrogens (tertiary/aromatic N) is 1. The molecule has 0 aliphatic rings. The van der Waals surface area contributed by atoms with Crippen LogP contribution in [-0.4, -0.2) is 16.4 Å². The van der Waals surface area contributed by atoms with Gasteiger partial charge in [0, 0.05) is 5.54 Å². The van der Waals surface area contributed by atoms with Crippen molar-refractivity contribution < 1.29 is 9.18 Å². The van der Waals surface area contributed by atoms with Crippen molar-refractivity contribution in [2.24, 2.45) is 0 Å². The molecule has 3 nitrogen and oxygen atoms in total. The largest absolute Gasteiger partial charge is 0.347 e. The molecule has 1 amide bonds. The predicted molar refractivity (Wildman–Crippen MR) is 69.1 cm³/mol. The van der Waals surface area contributed by atoms with Crippen LogP contribution < -0.4 is 5.32 Å². The minimum absolute atomic E-state index is 0.0662. The molecule has 1 rings (SSSR count). The van der Waals surface area contributed by atoms with Crippen molar-refractivity contribution in [2.75, 3.05) is 0 Å². The zero-order chi connectivity index (χ0) is 13.4. The number of amides is 1. The Balaban J connectivity index is 3.24. The van der Waals surface area contributed by atoms with Crippen LogP contribution in [0.15, 0.2) is 4.47 Å². The maximum atomic E-state index is 13.5. The highest BCUT2D eigenvalue weighted by Crippen LogP contribution is 2.30. The van der Waals surface area contributed by atoms with Crippen LogP contribution in [0.3, 0.4) is 0 Å². The third kappa shape index (κ3) is 3.53. The standard InChI is InChI=1S/C10H10BrCl2FN2O/c1-10(2,3)16-9(17)4-5(11)6(14)8(13)15-7(4)12/h1-3H3,(H,16,17). The summed E-state index contributed by atoms with van der Waals surface area (Å²) in [5.41, 5.74) is -0.529. The Morgan fingerprint density at radius 2 is 1.88 bits per heavy atom. The van der Waals surface area contributed by atoms with E-state index in [1.165, 1.54) is 0 Å². The molecule has 0 saturated heterocycles. The van der Waals surface area contributed by atoms with Gasteiger partial charge in [-0.15, -0.1) is 0 Å². The molecule has 7 heteroatoms. The Morgan fingerprint density at radius 1 is 1.35 bits per heavy atom. The summed E-state index contributed by atoms with van der Waals surface area (Å²) in [4.78, 5) is 15.4. The van der Waals surface area contributed by atoms with E-state index < -0.39 is 17.3 Å². The Morgan fingerprint density at radius 3 is 2.35 bits per heavy atom. The van der Waals surface area contributed by atoms with Gasteiger partial charge in [-0.2, -0.15) is 0 Å². The molecule has 0 spiro atoms. The molecule has 0 unspecified atom stereocenters. The van der Waals surface area contributed by atoms with Crippen molar-refractivity contribution >= 4 is 45.0 Å². The summed E-state index contributed by atoms with van der Waals surface area (Å²) in [6, 6.07) is 0. The van der Waals surface area contributed by atoms with Gasteiger partial charge in [0.05, 0.1) is 10.0 Å². The number of carbonyl (C=O) groups excluding carboxylic acids is 1. The summed E-state index contributed by atoms with van der Waals surface area (Å²) in [6.45, 7) is 5.39. The predicted octanol–water partition coefficient (Wildman–Crippen LogP) is 3.82. The van der Waals surface area contributed by atoms with Crippen LogP contribution in [0.2, 0.25) is 10.3 Å². The summed E-state index contributed by atoms with van der Waals surface area (Å²) >= 11 is 14.2. The van der Waals surface area contributed by atoms with Gasteiger partial charge in [0.2, 0.25) is 0 Å². The van der Waals surface area contributed by atoms with Crippen LogP contribution in [-0.2, 0) is 0 Å². The first kappa shape index (κ1) is 14.7. The van der Waals surface area contributed by atoms with Gasteiger partial charge in [0.25, 0.3) is 5.91 Å². The highest BCUT2D eigenvalue weighted by molar-refractivity contribution is 9.10. The van der Waals surface area contributed by atoms with E-state index in [1.54, 1.807) is 20.8 Å². The van der Waals surface area contributed by atoms with Gasteiger partial charge in [-0.1, -0.05) is 23.2 Å². The molecule has 0 saturated carbocycles. The normalized spacial score (nSPS) is 11.5. The van der Waals surface area contributed by atoms with Crippen molar-refractivity contribution in [2.45, 2.75) is 26.3 Å². The fraction of sp³-hybridized carbons (Fsp3) is 0.400. The first-order valence-corrected chi connectivity index (χ1v) is 6.21. The number of hydrogen-bond acceptors (Lipinski definition) is 2. The maximum absolute atomic E-state index is 13.5. The van der Waals surface area contributed by atoms with E-state index >= 15 is 0 Å². The van der Waals surface area contributed by atoms with Crippen molar-refractivity contribution in [3.8, 4) is 0 Å². The van der Waals surface area contributed by atoms with Crippen LogP contribution in [0.25, 0.3) is 0 Å². The van der Waals surface area contributed by atoms with E-state index in [1.807, 2.05) is 0 Å². The van der Waals surface area contributed by atoms with E-state index in [-0.39, 0.29) is 20.3 Å². The SMILES string of the molecule is CC(C)(C)NC(=O)c1c(Cl)nc(Cl)c(F)c1Br. The fourth-order valence-corrected chi connectivity index (χ4v) is 2.35. The molecular weight excluding hydrogens is 334 g/mol. The van der Waals surface area contributed by atoms with Crippen molar-refractivity contribution in [1.29, 1.82) is 0 Å². The van der Waals surface area contributed by atoms with Crippen LogP contribution in [0.5, 0.6) is 0 Å². The smallest absolute Gasteiger partial charge is 0.256 e. The lowest BCUT2D eigenvalue weighted by Crippen LogP contribution is -2.41. The monoisotopic (exact) mass is 342 g/mol. The second-order valence-corrected chi connectivity index (χ2v) is 5.91. The molecule has 17 heavy (non-hydrogen) atoms. The van der Waals surface area contributed by atoms with Crippen molar-refractivity contribution in [3.63, 3.8) is 0 Å². The summed E-state index contributed by atoms with van der Waals surface area (Å²) in [5, 5.41) is 2.13. The van der Waals surface area contributed by atoms with Gasteiger partial charge in [0.1, 0.15) is 5.15 Å². The van der Waals surface area contributed by atoms with Gasteiger partial charge >= 0.3 is 0 Å². The van der Waals surface area contributed by atoms with Gasteiger partial charge < -0.3 is 5.32 Å². The number of pyridine rings is 1. The van der Waals surface area contributed by atoms with Crippen molar-refractivity contribution in [3.05, 3.63) is 26.2 Å². The molecule has 1 aromatic heterocycles. The molecule has 1 N–H and O–H groups in total. The lowest BCUT2D eigenvalue weighted by atomic mass is 10.1. The average molecular weight is 344 g/mol. The zero-order valence-electron chi connectivity index (χ0n) is 9.37. The van der Waals surface area contributed by atoms with Gasteiger partial charge in [-0.3, -0.25) is 4.79 Å². The van der Waals surface area contributed by atoms with E-state index in [4.69, 9.17) is 23.2 Å². The molecule has 1 heterocycles. The summed E-state index contributed by atoms with van der Waals surface area (Å²) in [7, 11) is 0. The first-order valence-electron chi connectivity index (χ1n) is 4.66. The molecule has 0 aromatic carbocycles. The number of rotatable bonds is 1. The molecule has 94 valence electrons. The Kier molecular flexibility index (Phi) is 4.38. The highest BCUT2D eigenvalue weighted by atomic mass is 79.9. The quantitative estimate of drug-likeness (QED) is 0.787. The number of halogens is 4. The van der Waals surface area contributed by atoms with E-state index in [2.05, 4.69) is 26.2 Å². The first-order chi connectivity index (χ1) is 7.63. The molecule has 0 fully saturated rings. The molecular formula is C10H10BrCl2FN2O. The highest BCUT2D eigenvalue weighted by Gasteiger charge is 2.24. The number of carbonyl (C=O) groups is 1. The van der Waals surface area contributed by atoms with Crippen LogP contribution in [0.4, 0.5) is 4.39 Å². The zero-order valence-corrected chi connectivity index (χ0v) is 12.5. The van der Waals surface area contributed by atoms with Crippen LogP contribution >= 0.6 is 39.1 Å². The van der Waals surface area contributed by atoms with Gasteiger partial charge in [0.15, 0.2) is 11.0 Å². The Bertz CT molecular complexity index is 474. The molecule has 1 aromatic rings. The van der Waals surface area contributed by atoms with Gasteiger partial charge in [-0.05, 0) is 36.7 Å². The lowest BCUT2D eigenvalue weighted by molar-refractivity contribution is 0.0918. The van der Waals surface area contributed by atoms with Gasteiger partial charge in [-0.25, -0.2) is 9.37 Å². The third-order valence-corrected chi connectivity index (χ3v) is 2.98. The van der Waals surface area contributed by atoms with Crippen LogP contribution in [0, 0.1) is 5.82 Å². The average Bonchev–Trinajstić information content (AvgIpc) is 2.11.